The molecule has 0 radical (unpaired) electrons. The standard InChI is InChI=1S/C13H27N/c1-5-8-9-10-11-12(4)14-13(6-2)7-3/h12H,5-11H2,1-4H3. The molecule has 0 saturated heterocycles. The van der Waals surface area contributed by atoms with Crippen LogP contribution in [-0.2, 0) is 0 Å². The summed E-state index contributed by atoms with van der Waals surface area (Å²) in [6.45, 7) is 8.91. The molecule has 0 saturated carbocycles. The SMILES string of the molecule is CCCCCCC(C)N=C(CC)CC. The van der Waals surface area contributed by atoms with Gasteiger partial charge >= 0.3 is 0 Å². The van der Waals surface area contributed by atoms with Crippen LogP contribution in [0, 0.1) is 0 Å². The molecule has 1 unspecified atom stereocenters. The molecule has 1 nitrogen and oxygen atoms in total. The van der Waals surface area contributed by atoms with Gasteiger partial charge in [0, 0.05) is 11.8 Å². The number of nitrogens with zero attached hydrogens (tertiary/aromatic N) is 1. The fraction of sp³-hybridized carbons (Fsp3) is 0.923. The molecular weight excluding hydrogens is 170 g/mol. The van der Waals surface area contributed by atoms with Gasteiger partial charge in [-0.2, -0.15) is 0 Å². The van der Waals surface area contributed by atoms with Gasteiger partial charge in [-0.15, -0.1) is 0 Å². The van der Waals surface area contributed by atoms with E-state index in [9.17, 15) is 0 Å². The number of unbranched alkanes of at least 4 members (excludes halogenated alkanes) is 3. The molecule has 0 aliphatic heterocycles. The van der Waals surface area contributed by atoms with Crippen LogP contribution >= 0.6 is 0 Å². The van der Waals surface area contributed by atoms with Gasteiger partial charge in [0.2, 0.25) is 0 Å². The van der Waals surface area contributed by atoms with E-state index in [1.54, 1.807) is 0 Å². The predicted molar refractivity (Wildman–Crippen MR) is 66.2 cm³/mol. The molecule has 1 atom stereocenters. The Morgan fingerprint density at radius 1 is 1.00 bits per heavy atom. The maximum Gasteiger partial charge on any atom is 0.0470 e. The molecule has 0 heterocycles. The van der Waals surface area contributed by atoms with Crippen molar-refractivity contribution in [2.75, 3.05) is 0 Å². The molecule has 0 bridgehead atoms. The zero-order chi connectivity index (χ0) is 10.8. The van der Waals surface area contributed by atoms with Gasteiger partial charge in [0.1, 0.15) is 0 Å². The number of hydrogen-bond donors (Lipinski definition) is 0. The number of hydrogen-bond acceptors (Lipinski definition) is 1. The monoisotopic (exact) mass is 197 g/mol. The van der Waals surface area contributed by atoms with E-state index in [-0.39, 0.29) is 0 Å². The van der Waals surface area contributed by atoms with Gasteiger partial charge < -0.3 is 0 Å². The number of rotatable bonds is 8. The zero-order valence-corrected chi connectivity index (χ0v) is 10.5. The maximum absolute atomic E-state index is 4.73. The Kier molecular flexibility index (Phi) is 9.02. The van der Waals surface area contributed by atoms with Crippen molar-refractivity contribution in [1.29, 1.82) is 0 Å². The van der Waals surface area contributed by atoms with Gasteiger partial charge in [0.25, 0.3) is 0 Å². The van der Waals surface area contributed by atoms with Crippen LogP contribution in [0.3, 0.4) is 0 Å². The van der Waals surface area contributed by atoms with Crippen LogP contribution in [0.15, 0.2) is 4.99 Å². The Labute approximate surface area is 90.0 Å². The maximum atomic E-state index is 4.73. The molecule has 0 aromatic rings. The highest BCUT2D eigenvalue weighted by atomic mass is 14.8. The van der Waals surface area contributed by atoms with Crippen LogP contribution in [0.4, 0.5) is 0 Å². The molecule has 1 heteroatoms. The van der Waals surface area contributed by atoms with Crippen molar-refractivity contribution in [2.45, 2.75) is 78.7 Å². The molecule has 84 valence electrons. The van der Waals surface area contributed by atoms with Crippen molar-refractivity contribution in [1.82, 2.24) is 0 Å². The summed E-state index contributed by atoms with van der Waals surface area (Å²) in [4.78, 5) is 4.73. The van der Waals surface area contributed by atoms with E-state index in [1.807, 2.05) is 0 Å². The summed E-state index contributed by atoms with van der Waals surface area (Å²) in [5.74, 6) is 0. The van der Waals surface area contributed by atoms with E-state index >= 15 is 0 Å². The quantitative estimate of drug-likeness (QED) is 0.398. The first-order valence-electron chi connectivity index (χ1n) is 6.30. The van der Waals surface area contributed by atoms with Crippen LogP contribution in [0.5, 0.6) is 0 Å². The normalized spacial score (nSPS) is 12.6. The summed E-state index contributed by atoms with van der Waals surface area (Å²) >= 11 is 0. The van der Waals surface area contributed by atoms with Crippen molar-refractivity contribution < 1.29 is 0 Å². The molecule has 0 amide bonds. The molecule has 0 aliphatic carbocycles. The average molecular weight is 197 g/mol. The average Bonchev–Trinajstić information content (AvgIpc) is 2.21. The van der Waals surface area contributed by atoms with Gasteiger partial charge in [0.15, 0.2) is 0 Å². The highest BCUT2D eigenvalue weighted by Gasteiger charge is 2.00. The second-order valence-corrected chi connectivity index (χ2v) is 4.10. The molecule has 14 heavy (non-hydrogen) atoms. The molecule has 0 spiro atoms. The fourth-order valence-corrected chi connectivity index (χ4v) is 1.68. The lowest BCUT2D eigenvalue weighted by Crippen LogP contribution is -2.04. The second-order valence-electron chi connectivity index (χ2n) is 4.10. The lowest BCUT2D eigenvalue weighted by molar-refractivity contribution is 0.575. The Hall–Kier alpha value is -0.330. The van der Waals surface area contributed by atoms with Gasteiger partial charge in [-0.1, -0.05) is 46.5 Å². The summed E-state index contributed by atoms with van der Waals surface area (Å²) in [6, 6.07) is 0.543. The lowest BCUT2D eigenvalue weighted by atomic mass is 10.1. The molecule has 0 aromatic heterocycles. The minimum atomic E-state index is 0.543. The summed E-state index contributed by atoms with van der Waals surface area (Å²) in [6.07, 6.45) is 8.94. The summed E-state index contributed by atoms with van der Waals surface area (Å²) in [7, 11) is 0. The van der Waals surface area contributed by atoms with E-state index in [2.05, 4.69) is 27.7 Å². The zero-order valence-electron chi connectivity index (χ0n) is 10.5. The Morgan fingerprint density at radius 3 is 2.14 bits per heavy atom. The van der Waals surface area contributed by atoms with Crippen molar-refractivity contribution in [3.8, 4) is 0 Å². The van der Waals surface area contributed by atoms with Gasteiger partial charge in [0.05, 0.1) is 0 Å². The van der Waals surface area contributed by atoms with Gasteiger partial charge in [-0.25, -0.2) is 0 Å². The fourth-order valence-electron chi connectivity index (χ4n) is 1.68. The van der Waals surface area contributed by atoms with Crippen LogP contribution in [0.25, 0.3) is 0 Å². The van der Waals surface area contributed by atoms with Crippen LogP contribution in [-0.4, -0.2) is 11.8 Å². The molecule has 0 N–H and O–H groups in total. The van der Waals surface area contributed by atoms with E-state index in [0.717, 1.165) is 12.8 Å². The molecule has 0 rings (SSSR count). The topological polar surface area (TPSA) is 12.4 Å². The van der Waals surface area contributed by atoms with Crippen molar-refractivity contribution in [3.63, 3.8) is 0 Å². The molecule has 0 aromatic carbocycles. The third kappa shape index (κ3) is 7.11. The summed E-state index contributed by atoms with van der Waals surface area (Å²) < 4.78 is 0. The highest BCUT2D eigenvalue weighted by Crippen LogP contribution is 2.09. The minimum absolute atomic E-state index is 0.543. The first kappa shape index (κ1) is 13.7. The van der Waals surface area contributed by atoms with Crippen molar-refractivity contribution in [3.05, 3.63) is 0 Å². The van der Waals surface area contributed by atoms with Crippen molar-refractivity contribution >= 4 is 5.71 Å². The Balaban J connectivity index is 3.62. The molecule has 0 fully saturated rings. The smallest absolute Gasteiger partial charge is 0.0470 e. The second kappa shape index (κ2) is 9.23. The van der Waals surface area contributed by atoms with Crippen LogP contribution in [0.2, 0.25) is 0 Å². The minimum Gasteiger partial charge on any atom is -0.291 e. The molecule has 0 aliphatic rings. The lowest BCUT2D eigenvalue weighted by Gasteiger charge is -2.08. The van der Waals surface area contributed by atoms with Crippen LogP contribution < -0.4 is 0 Å². The van der Waals surface area contributed by atoms with E-state index in [4.69, 9.17) is 4.99 Å². The Bertz CT molecular complexity index is 143. The van der Waals surface area contributed by atoms with Gasteiger partial charge in [-0.3, -0.25) is 4.99 Å². The van der Waals surface area contributed by atoms with Crippen molar-refractivity contribution in [2.24, 2.45) is 4.99 Å². The van der Waals surface area contributed by atoms with E-state index < -0.39 is 0 Å². The predicted octanol–water partition coefficient (Wildman–Crippen LogP) is 4.61. The summed E-state index contributed by atoms with van der Waals surface area (Å²) in [5, 5.41) is 0. The Morgan fingerprint density at radius 2 is 1.64 bits per heavy atom. The third-order valence-corrected chi connectivity index (χ3v) is 2.69. The molecular formula is C13H27N. The first-order chi connectivity index (χ1) is 6.74. The van der Waals surface area contributed by atoms with E-state index in [1.165, 1.54) is 37.8 Å². The van der Waals surface area contributed by atoms with Crippen LogP contribution in [0.1, 0.15) is 72.6 Å². The third-order valence-electron chi connectivity index (χ3n) is 2.69. The van der Waals surface area contributed by atoms with E-state index in [0.29, 0.717) is 6.04 Å². The number of aliphatic imine (C=N–C) groups is 1. The highest BCUT2D eigenvalue weighted by molar-refractivity contribution is 5.84. The summed E-state index contributed by atoms with van der Waals surface area (Å²) in [5.41, 5.74) is 1.38. The largest absolute Gasteiger partial charge is 0.291 e. The van der Waals surface area contributed by atoms with Gasteiger partial charge in [-0.05, 0) is 26.2 Å². The first-order valence-corrected chi connectivity index (χ1v) is 6.30.